The fraction of sp³-hybridized carbons (Fsp3) is 0.143. The van der Waals surface area contributed by atoms with Gasteiger partial charge in [-0.05, 0) is 0 Å². The molecule has 0 rings (SSSR count). The van der Waals surface area contributed by atoms with E-state index in [0.717, 1.165) is 58.1 Å². The summed E-state index contributed by atoms with van der Waals surface area (Å²) in [5, 5.41) is 0. The summed E-state index contributed by atoms with van der Waals surface area (Å²) < 4.78 is 8.25. The summed E-state index contributed by atoms with van der Waals surface area (Å²) in [6.45, 7) is 1.46. The molecule has 0 aromatic rings. The first-order valence-corrected chi connectivity index (χ1v) is 40.6. The second-order valence-electron chi connectivity index (χ2n) is 1.66. The average molecular weight is 1790 g/mol. The maximum atomic E-state index is 10.8. The molecule has 0 fully saturated rings. The van der Waals surface area contributed by atoms with Crippen LogP contribution in [-0.2, 0) is 170 Å². The Bertz CT molecular complexity index is 312. The van der Waals surface area contributed by atoms with E-state index in [-0.39, 0.29) is 13.2 Å². The Morgan fingerprint density at radius 3 is 1.47 bits per heavy atom. The van der Waals surface area contributed by atoms with E-state index < -0.39 is 5.97 Å². The van der Waals surface area contributed by atoms with Crippen molar-refractivity contribution in [2.75, 3.05) is 0 Å². The number of ether oxygens (including phenoxy) is 1. The molecule has 108 valence electrons. The molecule has 0 aromatic carbocycles. The van der Waals surface area contributed by atoms with Gasteiger partial charge >= 0.3 is 201 Å². The van der Waals surface area contributed by atoms with E-state index in [9.17, 15) is 9.59 Å². The first kappa shape index (κ1) is 35.1. The van der Waals surface area contributed by atoms with Gasteiger partial charge in [-0.15, -0.1) is 0 Å². The van der Waals surface area contributed by atoms with E-state index in [1.807, 2.05) is 0 Å². The molecule has 3 nitrogen and oxygen atoms in total. The van der Waals surface area contributed by atoms with Gasteiger partial charge in [0.1, 0.15) is 0 Å². The standard InChI is InChI=1S/C6H3O3.CH3.9W/c1-5(7)3-4-9-6(2)8;;;;;;;;;;/h1H3;1H3;;;;;;;;;/q2*-1;;;;;;;;;. The predicted molar refractivity (Wildman–Crippen MR) is 38.2 cm³/mol. The molecule has 0 spiro atoms. The van der Waals surface area contributed by atoms with Gasteiger partial charge in [0, 0.05) is 0 Å². The van der Waals surface area contributed by atoms with E-state index in [0.29, 0.717) is 7.98 Å². The molecule has 0 heterocycles. The Balaban J connectivity index is -0.0000000816. The molecule has 0 unspecified atom stereocenters. The van der Waals surface area contributed by atoms with Crippen LogP contribution in [0.5, 0.6) is 0 Å². The van der Waals surface area contributed by atoms with Gasteiger partial charge in [0.05, 0.1) is 0 Å². The molecule has 0 aromatic heterocycles. The van der Waals surface area contributed by atoms with E-state index in [1.165, 1.54) is 6.92 Å². The van der Waals surface area contributed by atoms with Crippen molar-refractivity contribution in [3.05, 3.63) is 7.43 Å². The average Bonchev–Trinajstić information content (AvgIpc) is 2.44. The Labute approximate surface area is 203 Å². The van der Waals surface area contributed by atoms with Crippen molar-refractivity contribution in [2.45, 2.75) is 6.92 Å². The van der Waals surface area contributed by atoms with E-state index in [1.54, 1.807) is 97.3 Å². The Kier molecular flexibility index (Phi) is 56.9. The van der Waals surface area contributed by atoms with E-state index in [4.69, 9.17) is 4.74 Å². The fourth-order valence-corrected chi connectivity index (χ4v) is 1.38. The monoisotopic (exact) mass is 1790 g/mol. The molecule has 0 N–H and O–H groups in total. The molecule has 0 amide bonds. The number of carbonyl (C=O) groups is 2. The predicted octanol–water partition coefficient (Wildman–Crippen LogP) is -0.824. The molecule has 0 bridgehead atoms. The molecule has 0 aliphatic carbocycles. The summed E-state index contributed by atoms with van der Waals surface area (Å²) in [5.74, 6) is -0.527. The number of hydrogen-bond donors (Lipinski definition) is 0. The van der Waals surface area contributed by atoms with Gasteiger partial charge in [-0.25, -0.2) is 0 Å². The van der Waals surface area contributed by atoms with Gasteiger partial charge in [0.15, 0.2) is 0 Å². The molecule has 0 radical (unpaired) electrons. The van der Waals surface area contributed by atoms with Gasteiger partial charge in [0.25, 0.3) is 0 Å². The van der Waals surface area contributed by atoms with E-state index >= 15 is 0 Å². The van der Waals surface area contributed by atoms with Crippen LogP contribution in [0.3, 0.4) is 0 Å². The molecule has 0 aliphatic heterocycles. The third-order valence-corrected chi connectivity index (χ3v) is 6.12. The number of ketones is 1. The van der Waals surface area contributed by atoms with Crippen LogP contribution in [0.1, 0.15) is 6.92 Å². The minimum atomic E-state index is -0.491. The molecule has 0 saturated carbocycles. The molecule has 19 heavy (non-hydrogen) atoms. The maximum absolute atomic E-state index is 10.8. The molecule has 0 saturated heterocycles. The second kappa shape index (κ2) is 30.8. The zero-order valence-corrected chi connectivity index (χ0v) is 35.8. The van der Waals surface area contributed by atoms with Crippen molar-refractivity contribution in [3.8, 4) is 0 Å². The van der Waals surface area contributed by atoms with Crippen molar-refractivity contribution in [3.63, 3.8) is 0 Å². The van der Waals surface area contributed by atoms with Crippen molar-refractivity contribution < 1.29 is 170 Å². The Hall–Kier alpha value is 4.94. The minimum absolute atomic E-state index is 0. The summed E-state index contributed by atoms with van der Waals surface area (Å²) in [6, 6.07) is 0. The van der Waals surface area contributed by atoms with E-state index in [2.05, 4.69) is 4.40 Å². The van der Waals surface area contributed by atoms with Gasteiger partial charge in [-0.2, -0.15) is 0 Å². The van der Waals surface area contributed by atoms with Crippen LogP contribution in [0.15, 0.2) is 0 Å². The van der Waals surface area contributed by atoms with Crippen LogP contribution >= 0.6 is 0 Å². The Morgan fingerprint density at radius 1 is 0.947 bits per heavy atom. The molecule has 0 atom stereocenters. The number of rotatable bonds is 4. The first-order chi connectivity index (χ1) is 8.49. The Morgan fingerprint density at radius 2 is 1.26 bits per heavy atom. The summed E-state index contributed by atoms with van der Waals surface area (Å²) in [6.07, 6.45) is 0. The quantitative estimate of drug-likeness (QED) is 0.274. The van der Waals surface area contributed by atoms with Crippen LogP contribution in [0.25, 0.3) is 0 Å². The summed E-state index contributed by atoms with van der Waals surface area (Å²) in [4.78, 5) is 21.5. The van der Waals surface area contributed by atoms with Gasteiger partial charge in [-0.1, -0.05) is 0 Å². The summed E-state index contributed by atoms with van der Waals surface area (Å²) >= 11 is 12.9. The zero-order chi connectivity index (χ0) is 15.7. The van der Waals surface area contributed by atoms with Crippen LogP contribution in [0.2, 0.25) is 0 Å². The number of hydrogen-bond acceptors (Lipinski definition) is 3. The van der Waals surface area contributed by atoms with Crippen molar-refractivity contribution >= 4 is 24.1 Å². The van der Waals surface area contributed by atoms with Crippen molar-refractivity contribution in [1.82, 2.24) is 0 Å². The number of carbonyl (C=O) groups excluding carboxylic acids is 2. The zero-order valence-electron chi connectivity index (χ0n) is 9.40. The van der Waals surface area contributed by atoms with Crippen LogP contribution < -0.4 is 0 Å². The van der Waals surface area contributed by atoms with Crippen molar-refractivity contribution in [2.24, 2.45) is 0 Å². The number of esters is 1. The van der Waals surface area contributed by atoms with Gasteiger partial charge in [-0.3, -0.25) is 0 Å². The molecular weight excluding hydrogens is 1790 g/mol. The third kappa shape index (κ3) is 28.0. The van der Waals surface area contributed by atoms with Crippen molar-refractivity contribution in [1.29, 1.82) is 0 Å². The fourth-order valence-electron chi connectivity index (χ4n) is 0.295. The summed E-state index contributed by atoms with van der Waals surface area (Å²) in [7, 11) is 0. The van der Waals surface area contributed by atoms with Gasteiger partial charge < -0.3 is 7.43 Å². The SMILES string of the molecule is CC(=O)[C](=[W])[C](=[W])OC(=O)[C-]=[W].[CH3-].[W]=[W].[W]=[W].[W]=[W]. The first-order valence-electron chi connectivity index (χ1n) is 3.18. The third-order valence-electron chi connectivity index (χ3n) is 0.774. The second-order valence-corrected chi connectivity index (χ2v) is 5.20. The number of Topliss-reactive ketones (excluding diaryl/α,β-unsaturated/α-hetero) is 1. The molecule has 0 aliphatic rings. The molecular formula is C7H6O3W9-2. The van der Waals surface area contributed by atoms with Crippen LogP contribution in [0.4, 0.5) is 0 Å². The molecule has 12 heteroatoms. The topological polar surface area (TPSA) is 43.4 Å². The summed E-state index contributed by atoms with van der Waals surface area (Å²) in [5.41, 5.74) is 0. The van der Waals surface area contributed by atoms with Crippen LogP contribution in [0, 0.1) is 7.43 Å². The van der Waals surface area contributed by atoms with Crippen LogP contribution in [-0.4, -0.2) is 24.1 Å². The normalized spacial score (nSPS) is 5.95. The van der Waals surface area contributed by atoms with Gasteiger partial charge in [0.2, 0.25) is 0 Å².